The molecule has 0 fully saturated rings. The largest absolute Gasteiger partial charge is 0.455 e. The predicted octanol–water partition coefficient (Wildman–Crippen LogP) is 2.74. The summed E-state index contributed by atoms with van der Waals surface area (Å²) < 4.78 is 9.70. The Kier molecular flexibility index (Phi) is 4.33. The van der Waals surface area contributed by atoms with E-state index in [0.717, 1.165) is 22.5 Å². The smallest absolute Gasteiger partial charge is 0.334 e. The summed E-state index contributed by atoms with van der Waals surface area (Å²) in [6.07, 6.45) is -0.00231. The number of hydrogen-bond donors (Lipinski definition) is 0. The average Bonchev–Trinajstić information content (AvgIpc) is 2.66. The third-order valence-electron chi connectivity index (χ3n) is 3.60. The van der Waals surface area contributed by atoms with Gasteiger partial charge >= 0.3 is 11.9 Å². The Labute approximate surface area is 108 Å². The molecule has 4 nitrogen and oxygen atoms in total. The van der Waals surface area contributed by atoms with Crippen molar-refractivity contribution in [1.82, 2.24) is 0 Å². The molecule has 2 aliphatic heterocycles. The van der Waals surface area contributed by atoms with E-state index in [9.17, 15) is 9.59 Å². The second-order valence-corrected chi connectivity index (χ2v) is 4.74. The first-order chi connectivity index (χ1) is 8.25. The summed E-state index contributed by atoms with van der Waals surface area (Å²) in [5.74, 6) is 0.461. The molecular formula is C14H20O4. The van der Waals surface area contributed by atoms with Gasteiger partial charge in [0.05, 0.1) is 5.92 Å². The van der Waals surface area contributed by atoms with E-state index < -0.39 is 0 Å². The van der Waals surface area contributed by atoms with Crippen molar-refractivity contribution >= 4 is 11.9 Å². The van der Waals surface area contributed by atoms with E-state index in [-0.39, 0.29) is 24.0 Å². The Hall–Kier alpha value is -1.58. The Balaban J connectivity index is 0.000000180. The molecule has 0 spiro atoms. The van der Waals surface area contributed by atoms with Gasteiger partial charge in [-0.15, -0.1) is 0 Å². The fraction of sp³-hybridized carbons (Fsp3) is 0.571. The topological polar surface area (TPSA) is 52.6 Å². The van der Waals surface area contributed by atoms with Crippen LogP contribution in [0.15, 0.2) is 22.5 Å². The van der Waals surface area contributed by atoms with E-state index in [4.69, 9.17) is 9.47 Å². The van der Waals surface area contributed by atoms with Crippen LogP contribution in [0.25, 0.3) is 0 Å². The van der Waals surface area contributed by atoms with Crippen molar-refractivity contribution in [3.8, 4) is 0 Å². The zero-order chi connectivity index (χ0) is 14.0. The SMILES string of the molecule is CC1=C(C)C(C)C(=O)O1.CC1=C(C)[C@@H](C)OC1=O. The molecule has 100 valence electrons. The molecule has 2 heterocycles. The van der Waals surface area contributed by atoms with Crippen LogP contribution in [-0.4, -0.2) is 18.0 Å². The number of rotatable bonds is 0. The molecular weight excluding hydrogens is 232 g/mol. The molecule has 2 atom stereocenters. The number of hydrogen-bond acceptors (Lipinski definition) is 4. The minimum absolute atomic E-state index is 0.00231. The van der Waals surface area contributed by atoms with Crippen LogP contribution in [0.3, 0.4) is 0 Å². The van der Waals surface area contributed by atoms with Crippen LogP contribution < -0.4 is 0 Å². The van der Waals surface area contributed by atoms with Gasteiger partial charge in [-0.2, -0.15) is 0 Å². The minimum Gasteiger partial charge on any atom is -0.455 e. The predicted molar refractivity (Wildman–Crippen MR) is 67.6 cm³/mol. The van der Waals surface area contributed by atoms with Crippen molar-refractivity contribution in [2.75, 3.05) is 0 Å². The molecule has 0 aromatic carbocycles. The minimum atomic E-state index is -0.167. The maximum absolute atomic E-state index is 10.7. The lowest BCUT2D eigenvalue weighted by atomic mass is 10.1. The first-order valence-corrected chi connectivity index (χ1v) is 6.03. The van der Waals surface area contributed by atoms with Crippen LogP contribution in [0, 0.1) is 5.92 Å². The normalized spacial score (nSPS) is 27.0. The summed E-state index contributed by atoms with van der Waals surface area (Å²) in [5.41, 5.74) is 2.88. The van der Waals surface area contributed by atoms with E-state index in [0.29, 0.717) is 0 Å². The number of cyclic esters (lactones) is 2. The van der Waals surface area contributed by atoms with E-state index in [1.807, 2.05) is 34.6 Å². The second kappa shape index (κ2) is 5.38. The van der Waals surface area contributed by atoms with Crippen LogP contribution in [0.1, 0.15) is 41.5 Å². The van der Waals surface area contributed by atoms with Gasteiger partial charge in [-0.1, -0.05) is 0 Å². The third-order valence-corrected chi connectivity index (χ3v) is 3.60. The van der Waals surface area contributed by atoms with Crippen molar-refractivity contribution in [2.24, 2.45) is 5.92 Å². The van der Waals surface area contributed by atoms with E-state index in [1.165, 1.54) is 0 Å². The average molecular weight is 252 g/mol. The highest BCUT2D eigenvalue weighted by molar-refractivity contribution is 5.91. The monoisotopic (exact) mass is 252 g/mol. The Morgan fingerprint density at radius 1 is 0.944 bits per heavy atom. The Morgan fingerprint density at radius 3 is 1.61 bits per heavy atom. The highest BCUT2D eigenvalue weighted by Crippen LogP contribution is 2.24. The highest BCUT2D eigenvalue weighted by atomic mass is 16.5. The maximum Gasteiger partial charge on any atom is 0.334 e. The summed E-state index contributed by atoms with van der Waals surface area (Å²) >= 11 is 0. The quantitative estimate of drug-likeness (QED) is 0.622. The summed E-state index contributed by atoms with van der Waals surface area (Å²) in [6.45, 7) is 11.2. The molecule has 0 N–H and O–H groups in total. The maximum atomic E-state index is 10.7. The molecule has 1 unspecified atom stereocenters. The molecule has 18 heavy (non-hydrogen) atoms. The molecule has 2 rings (SSSR count). The first-order valence-electron chi connectivity index (χ1n) is 6.03. The van der Waals surface area contributed by atoms with Crippen LogP contribution >= 0.6 is 0 Å². The number of esters is 2. The molecule has 0 radical (unpaired) electrons. The number of ether oxygens (including phenoxy) is 2. The van der Waals surface area contributed by atoms with Gasteiger partial charge in [0, 0.05) is 5.57 Å². The Bertz CT molecular complexity index is 443. The van der Waals surface area contributed by atoms with Crippen molar-refractivity contribution in [2.45, 2.75) is 47.6 Å². The first kappa shape index (κ1) is 14.5. The molecule has 0 amide bonds. The van der Waals surface area contributed by atoms with Crippen LogP contribution in [0.5, 0.6) is 0 Å². The van der Waals surface area contributed by atoms with Crippen LogP contribution in [0.2, 0.25) is 0 Å². The van der Waals surface area contributed by atoms with E-state index in [1.54, 1.807) is 6.92 Å². The second-order valence-electron chi connectivity index (χ2n) is 4.74. The van der Waals surface area contributed by atoms with Crippen molar-refractivity contribution in [1.29, 1.82) is 0 Å². The molecule has 0 bridgehead atoms. The fourth-order valence-electron chi connectivity index (χ4n) is 1.60. The standard InChI is InChI=1S/2C7H10O2/c2*1-4-5(2)7(8)9-6(4)3/h6H,1-3H3;5H,1-3H3/t6-;/m1./s1. The van der Waals surface area contributed by atoms with Crippen LogP contribution in [0.4, 0.5) is 0 Å². The molecule has 4 heteroatoms. The van der Waals surface area contributed by atoms with E-state index in [2.05, 4.69) is 0 Å². The molecule has 0 saturated carbocycles. The van der Waals surface area contributed by atoms with Gasteiger partial charge in [-0.05, 0) is 52.7 Å². The van der Waals surface area contributed by atoms with Gasteiger partial charge in [0.2, 0.25) is 0 Å². The van der Waals surface area contributed by atoms with Gasteiger partial charge in [0.1, 0.15) is 11.9 Å². The Morgan fingerprint density at radius 2 is 1.50 bits per heavy atom. The van der Waals surface area contributed by atoms with Gasteiger partial charge in [-0.25, -0.2) is 4.79 Å². The number of allylic oxidation sites excluding steroid dienone is 1. The van der Waals surface area contributed by atoms with Gasteiger partial charge < -0.3 is 9.47 Å². The number of carbonyl (C=O) groups excluding carboxylic acids is 2. The molecule has 0 aromatic heterocycles. The van der Waals surface area contributed by atoms with Crippen molar-refractivity contribution < 1.29 is 19.1 Å². The molecule has 0 aliphatic carbocycles. The third kappa shape index (κ3) is 2.81. The highest BCUT2D eigenvalue weighted by Gasteiger charge is 2.26. The van der Waals surface area contributed by atoms with Gasteiger partial charge in [0.15, 0.2) is 0 Å². The lowest BCUT2D eigenvalue weighted by Crippen LogP contribution is -2.05. The van der Waals surface area contributed by atoms with Gasteiger partial charge in [0.25, 0.3) is 0 Å². The van der Waals surface area contributed by atoms with Crippen molar-refractivity contribution in [3.05, 3.63) is 22.5 Å². The number of carbonyl (C=O) groups is 2. The summed E-state index contributed by atoms with van der Waals surface area (Å²) in [7, 11) is 0. The summed E-state index contributed by atoms with van der Waals surface area (Å²) in [4.78, 5) is 21.4. The molecule has 2 aliphatic rings. The molecule has 0 saturated heterocycles. The van der Waals surface area contributed by atoms with E-state index >= 15 is 0 Å². The zero-order valence-corrected chi connectivity index (χ0v) is 11.8. The zero-order valence-electron chi connectivity index (χ0n) is 11.8. The van der Waals surface area contributed by atoms with Gasteiger partial charge in [-0.3, -0.25) is 4.79 Å². The summed E-state index contributed by atoms with van der Waals surface area (Å²) in [6, 6.07) is 0. The fourth-order valence-corrected chi connectivity index (χ4v) is 1.60. The molecule has 0 aromatic rings. The van der Waals surface area contributed by atoms with Crippen LogP contribution in [-0.2, 0) is 19.1 Å². The summed E-state index contributed by atoms with van der Waals surface area (Å²) in [5, 5.41) is 0. The lowest BCUT2D eigenvalue weighted by Gasteiger charge is -2.00. The van der Waals surface area contributed by atoms with Crippen molar-refractivity contribution in [3.63, 3.8) is 0 Å². The lowest BCUT2D eigenvalue weighted by molar-refractivity contribution is -0.140.